The van der Waals surface area contributed by atoms with E-state index in [1.54, 1.807) is 0 Å². The summed E-state index contributed by atoms with van der Waals surface area (Å²) in [7, 11) is 0. The summed E-state index contributed by atoms with van der Waals surface area (Å²) in [4.78, 5) is 50.3. The lowest BCUT2D eigenvalue weighted by Gasteiger charge is -2.70. The molecule has 9 atom stereocenters. The number of carbonyl (C=O) groups is 4. The van der Waals surface area contributed by atoms with E-state index in [4.69, 9.17) is 9.84 Å². The molecule has 4 saturated carbocycles. The van der Waals surface area contributed by atoms with Crippen molar-refractivity contribution in [1.82, 2.24) is 0 Å². The fraction of sp³-hybridized carbons (Fsp3) is 0.824. The number of hydrogen-bond acceptors (Lipinski definition) is 5. The van der Waals surface area contributed by atoms with E-state index in [1.807, 2.05) is 13.0 Å². The van der Waals surface area contributed by atoms with Crippen LogP contribution in [0.25, 0.3) is 0 Å². The quantitative estimate of drug-likeness (QED) is 0.348. The van der Waals surface area contributed by atoms with E-state index >= 15 is 0 Å². The predicted octanol–water partition coefficient (Wildman–Crippen LogP) is 6.83. The number of carbonyl (C=O) groups excluding carboxylic acids is 2. The second-order valence-corrected chi connectivity index (χ2v) is 16.3. The molecule has 5 aliphatic rings. The number of hydrogen-bond donors (Lipinski definition) is 2. The van der Waals surface area contributed by atoms with Crippen molar-refractivity contribution in [2.75, 3.05) is 0 Å². The molecule has 0 spiro atoms. The van der Waals surface area contributed by atoms with Crippen LogP contribution in [0.2, 0.25) is 0 Å². The average Bonchev–Trinajstić information content (AvgIpc) is 2.86. The molecule has 2 N–H and O–H groups in total. The molecule has 228 valence electrons. The number of rotatable bonds is 5. The van der Waals surface area contributed by atoms with Gasteiger partial charge in [0.05, 0.1) is 18.3 Å². The number of ketones is 1. The zero-order valence-electron chi connectivity index (χ0n) is 26.1. The molecule has 0 aromatic heterocycles. The van der Waals surface area contributed by atoms with Gasteiger partial charge in [0.15, 0.2) is 5.78 Å². The molecule has 0 saturated heterocycles. The molecule has 0 amide bonds. The van der Waals surface area contributed by atoms with E-state index < -0.39 is 23.3 Å². The number of aliphatic carboxylic acids is 2. The van der Waals surface area contributed by atoms with Crippen molar-refractivity contribution < 1.29 is 34.1 Å². The Morgan fingerprint density at radius 3 is 2.17 bits per heavy atom. The van der Waals surface area contributed by atoms with E-state index in [2.05, 4.69) is 41.5 Å². The minimum atomic E-state index is -1.01. The second-order valence-electron chi connectivity index (χ2n) is 16.3. The molecule has 0 aromatic carbocycles. The van der Waals surface area contributed by atoms with Crippen LogP contribution in [0.5, 0.6) is 0 Å². The van der Waals surface area contributed by atoms with Crippen LogP contribution in [-0.2, 0) is 23.9 Å². The highest BCUT2D eigenvalue weighted by molar-refractivity contribution is 5.95. The minimum Gasteiger partial charge on any atom is -0.481 e. The highest BCUT2D eigenvalue weighted by Crippen LogP contribution is 2.75. The standard InChI is InChI=1S/C34H50O7/c1-29(2)23-10-13-34(7)27(32(23,5)12-11-24(29)41-26(38)9-8-25(36)37)22(35)18-20-21-19-31(4,28(39)40)15-14-30(21,3)16-17-33(20,34)6/h18,21,23-24,27H,8-17,19H2,1-7H3,(H,36,37)(H,39,40)/t21-,23-,24-,27?,30+,31-,32-,33+,34+/m0/s1. The van der Waals surface area contributed by atoms with Gasteiger partial charge in [-0.1, -0.05) is 47.1 Å². The summed E-state index contributed by atoms with van der Waals surface area (Å²) in [6.07, 6.45) is 8.80. The summed E-state index contributed by atoms with van der Waals surface area (Å²) >= 11 is 0. The first-order chi connectivity index (χ1) is 18.8. The van der Waals surface area contributed by atoms with Gasteiger partial charge in [-0.05, 0) is 104 Å². The van der Waals surface area contributed by atoms with E-state index in [-0.39, 0.29) is 69.6 Å². The predicted molar refractivity (Wildman–Crippen MR) is 154 cm³/mol. The minimum absolute atomic E-state index is 0.0233. The fourth-order valence-corrected chi connectivity index (χ4v) is 11.0. The van der Waals surface area contributed by atoms with E-state index in [0.717, 1.165) is 38.5 Å². The number of fused-ring (bicyclic) bond motifs is 7. The number of allylic oxidation sites excluding steroid dienone is 2. The van der Waals surface area contributed by atoms with Crippen molar-refractivity contribution in [2.45, 2.75) is 125 Å². The molecule has 0 aliphatic heterocycles. The highest BCUT2D eigenvalue weighted by Gasteiger charge is 2.70. The third kappa shape index (κ3) is 4.25. The smallest absolute Gasteiger partial charge is 0.309 e. The number of carboxylic acids is 2. The van der Waals surface area contributed by atoms with Crippen molar-refractivity contribution in [3.63, 3.8) is 0 Å². The maximum Gasteiger partial charge on any atom is 0.309 e. The third-order valence-corrected chi connectivity index (χ3v) is 13.8. The Bertz CT molecular complexity index is 1200. The lowest BCUT2D eigenvalue weighted by Crippen LogP contribution is -2.66. The summed E-state index contributed by atoms with van der Waals surface area (Å²) in [6, 6.07) is 0. The zero-order chi connectivity index (χ0) is 30.4. The second kappa shape index (κ2) is 9.41. The Labute approximate surface area is 244 Å². The largest absolute Gasteiger partial charge is 0.481 e. The highest BCUT2D eigenvalue weighted by atomic mass is 16.5. The van der Waals surface area contributed by atoms with Crippen molar-refractivity contribution in [3.8, 4) is 0 Å². The fourth-order valence-electron chi connectivity index (χ4n) is 11.0. The number of ether oxygens (including phenoxy) is 1. The molecule has 1 unspecified atom stereocenters. The molecule has 0 radical (unpaired) electrons. The van der Waals surface area contributed by atoms with Gasteiger partial charge in [-0.15, -0.1) is 0 Å². The first-order valence-corrected chi connectivity index (χ1v) is 15.7. The van der Waals surface area contributed by atoms with Crippen LogP contribution >= 0.6 is 0 Å². The Kier molecular flexibility index (Phi) is 6.95. The zero-order valence-corrected chi connectivity index (χ0v) is 26.1. The van der Waals surface area contributed by atoms with Crippen LogP contribution in [0, 0.1) is 50.2 Å². The van der Waals surface area contributed by atoms with Crippen molar-refractivity contribution in [3.05, 3.63) is 11.6 Å². The van der Waals surface area contributed by atoms with Gasteiger partial charge >= 0.3 is 17.9 Å². The first kappa shape index (κ1) is 30.3. The lowest BCUT2D eigenvalue weighted by atomic mass is 9.33. The molecule has 0 bridgehead atoms. The number of esters is 1. The monoisotopic (exact) mass is 570 g/mol. The maximum absolute atomic E-state index is 14.5. The molecule has 7 heteroatoms. The Hall–Kier alpha value is -2.18. The van der Waals surface area contributed by atoms with Gasteiger partial charge < -0.3 is 14.9 Å². The van der Waals surface area contributed by atoms with Crippen molar-refractivity contribution >= 4 is 23.7 Å². The van der Waals surface area contributed by atoms with Crippen LogP contribution in [0.15, 0.2) is 11.6 Å². The van der Waals surface area contributed by atoms with Gasteiger partial charge in [0.1, 0.15) is 6.10 Å². The molecule has 0 aromatic rings. The van der Waals surface area contributed by atoms with Gasteiger partial charge in [0, 0.05) is 11.3 Å². The summed E-state index contributed by atoms with van der Waals surface area (Å²) in [5.74, 6) is -1.87. The van der Waals surface area contributed by atoms with E-state index in [0.29, 0.717) is 19.3 Å². The first-order valence-electron chi connectivity index (χ1n) is 15.7. The Morgan fingerprint density at radius 2 is 1.54 bits per heavy atom. The van der Waals surface area contributed by atoms with Crippen molar-refractivity contribution in [1.29, 1.82) is 0 Å². The van der Waals surface area contributed by atoms with Gasteiger partial charge in [0.2, 0.25) is 0 Å². The molecule has 7 nitrogen and oxygen atoms in total. The third-order valence-electron chi connectivity index (χ3n) is 13.8. The van der Waals surface area contributed by atoms with E-state index in [9.17, 15) is 24.3 Å². The van der Waals surface area contributed by atoms with Crippen LogP contribution in [0.3, 0.4) is 0 Å². The summed E-state index contributed by atoms with van der Waals surface area (Å²) in [5.41, 5.74) is -0.553. The molecule has 4 fully saturated rings. The molecule has 0 heterocycles. The summed E-state index contributed by atoms with van der Waals surface area (Å²) in [5, 5.41) is 19.1. The average molecular weight is 571 g/mol. The SMILES string of the molecule is CC1(C)[C@@H](OC(=O)CCC(=O)O)CC[C@]2(C)C3C(=O)C=C4[C@@H]5C[C@@](C)(C(=O)O)CC[C@]5(C)CC[C@@]4(C)[C@]3(C)CC[C@@H]12. The lowest BCUT2D eigenvalue weighted by molar-refractivity contribution is -0.211. The van der Waals surface area contributed by atoms with Gasteiger partial charge in [-0.25, -0.2) is 0 Å². The summed E-state index contributed by atoms with van der Waals surface area (Å²) < 4.78 is 5.91. The number of carboxylic acid groups (broad SMARTS) is 2. The Balaban J connectivity index is 1.49. The van der Waals surface area contributed by atoms with Gasteiger partial charge in [-0.2, -0.15) is 0 Å². The molecule has 5 rings (SSSR count). The van der Waals surface area contributed by atoms with Crippen molar-refractivity contribution in [2.24, 2.45) is 50.2 Å². The molecule has 41 heavy (non-hydrogen) atoms. The molecular formula is C34H50O7. The molecule has 5 aliphatic carbocycles. The van der Waals surface area contributed by atoms with Crippen LogP contribution in [0.1, 0.15) is 119 Å². The van der Waals surface area contributed by atoms with Crippen LogP contribution < -0.4 is 0 Å². The normalized spacial score (nSPS) is 46.6. The molecular weight excluding hydrogens is 520 g/mol. The Morgan fingerprint density at radius 1 is 0.878 bits per heavy atom. The topological polar surface area (TPSA) is 118 Å². The van der Waals surface area contributed by atoms with Gasteiger partial charge in [-0.3, -0.25) is 19.2 Å². The van der Waals surface area contributed by atoms with Gasteiger partial charge in [0.25, 0.3) is 0 Å². The van der Waals surface area contributed by atoms with Crippen LogP contribution in [0.4, 0.5) is 0 Å². The van der Waals surface area contributed by atoms with E-state index in [1.165, 1.54) is 5.57 Å². The summed E-state index contributed by atoms with van der Waals surface area (Å²) in [6.45, 7) is 15.5. The van der Waals surface area contributed by atoms with Crippen LogP contribution in [-0.4, -0.2) is 40.0 Å². The maximum atomic E-state index is 14.5.